The summed E-state index contributed by atoms with van der Waals surface area (Å²) in [6.45, 7) is 6.56. The van der Waals surface area contributed by atoms with Gasteiger partial charge in [0, 0.05) is 0 Å². The minimum Gasteiger partial charge on any atom is -0.520 e. The smallest absolute Gasteiger partial charge is 0.237 e. The van der Waals surface area contributed by atoms with E-state index in [0.717, 1.165) is 6.42 Å². The van der Waals surface area contributed by atoms with Crippen LogP contribution in [0.1, 0.15) is 33.6 Å². The van der Waals surface area contributed by atoms with Crippen molar-refractivity contribution in [2.24, 2.45) is 0 Å². The number of carbonyl (C=O) groups is 2. The average molecular weight is 240 g/mol. The number of amides is 2. The summed E-state index contributed by atoms with van der Waals surface area (Å²) in [5, 5.41) is 2.47. The number of nitrogens with zero attached hydrogens (tertiary/aromatic N) is 2. The molecule has 2 aliphatic rings. The third-order valence-corrected chi connectivity index (χ3v) is 2.72. The Balaban J connectivity index is 2.16. The van der Waals surface area contributed by atoms with Crippen LogP contribution < -0.4 is 0 Å². The predicted molar refractivity (Wildman–Crippen MR) is 57.2 cm³/mol. The van der Waals surface area contributed by atoms with Gasteiger partial charge in [0.15, 0.2) is 0 Å². The van der Waals surface area contributed by atoms with Gasteiger partial charge >= 0.3 is 0 Å². The van der Waals surface area contributed by atoms with Gasteiger partial charge in [0.05, 0.1) is 0 Å². The van der Waals surface area contributed by atoms with Gasteiger partial charge in [-0.2, -0.15) is 0 Å². The first-order valence-corrected chi connectivity index (χ1v) is 5.74. The summed E-state index contributed by atoms with van der Waals surface area (Å²) in [6, 6.07) is 0. The van der Waals surface area contributed by atoms with Gasteiger partial charge < -0.3 is 19.5 Å². The van der Waals surface area contributed by atoms with Crippen molar-refractivity contribution in [2.45, 2.75) is 45.8 Å². The first kappa shape index (κ1) is 12.3. The molecule has 6 nitrogen and oxygen atoms in total. The topological polar surface area (TPSA) is 59.1 Å². The van der Waals surface area contributed by atoms with E-state index in [-0.39, 0.29) is 11.8 Å². The van der Waals surface area contributed by atoms with Crippen molar-refractivity contribution in [1.29, 1.82) is 0 Å². The fraction of sp³-hybridized carbons (Fsp3) is 0.636. The van der Waals surface area contributed by atoms with E-state index in [0.29, 0.717) is 12.6 Å². The number of carbonyl (C=O) groups excluding carboxylic acids is 2. The van der Waals surface area contributed by atoms with Crippen molar-refractivity contribution in [3.05, 3.63) is 13.0 Å². The van der Waals surface area contributed by atoms with E-state index in [1.54, 1.807) is 13.8 Å². The van der Waals surface area contributed by atoms with Crippen molar-refractivity contribution in [3.8, 4) is 0 Å². The normalized spacial score (nSPS) is 30.8. The van der Waals surface area contributed by atoms with E-state index >= 15 is 0 Å². The summed E-state index contributed by atoms with van der Waals surface area (Å²) in [4.78, 5) is 23.7. The second kappa shape index (κ2) is 4.62. The summed E-state index contributed by atoms with van der Waals surface area (Å²) < 4.78 is 10.5. The van der Waals surface area contributed by atoms with Gasteiger partial charge in [0.25, 0.3) is 0 Å². The van der Waals surface area contributed by atoms with Crippen LogP contribution in [-0.2, 0) is 19.1 Å². The Bertz CT molecular complexity index is 333. The Morgan fingerprint density at radius 1 is 1.29 bits per heavy atom. The second-order valence-corrected chi connectivity index (χ2v) is 4.12. The van der Waals surface area contributed by atoms with Crippen LogP contribution in [0.2, 0.25) is 0 Å². The van der Waals surface area contributed by atoms with Gasteiger partial charge in [-0.25, -0.2) is 0 Å². The first-order chi connectivity index (χ1) is 8.06. The molecule has 2 amide bonds. The molecule has 0 aromatic heterocycles. The van der Waals surface area contributed by atoms with Crippen LogP contribution >= 0.6 is 0 Å². The molecule has 96 valence electrons. The molecular formula is C11H16N2O4-2. The van der Waals surface area contributed by atoms with Gasteiger partial charge in [-0.1, -0.05) is 19.6 Å². The van der Waals surface area contributed by atoms with E-state index < -0.39 is 12.2 Å². The maximum atomic E-state index is 11.9. The Morgan fingerprint density at radius 3 is 2.53 bits per heavy atom. The Labute approximate surface area is 100 Å². The number of rotatable bonds is 3. The molecule has 0 aromatic carbocycles. The van der Waals surface area contributed by atoms with Gasteiger partial charge in [-0.3, -0.25) is 9.59 Å². The lowest BCUT2D eigenvalue weighted by molar-refractivity contribution is -0.154. The van der Waals surface area contributed by atoms with Gasteiger partial charge in [-0.05, 0) is 13.8 Å². The minimum atomic E-state index is -0.554. The molecule has 0 bridgehead atoms. The maximum Gasteiger partial charge on any atom is 0.237 e. The number of hydrazine groups is 1. The largest absolute Gasteiger partial charge is 0.520 e. The lowest BCUT2D eigenvalue weighted by Crippen LogP contribution is -2.46. The summed E-state index contributed by atoms with van der Waals surface area (Å²) in [5.74, 6) is -0.500. The third kappa shape index (κ3) is 2.02. The molecule has 2 fully saturated rings. The highest BCUT2D eigenvalue weighted by Crippen LogP contribution is 2.32. The lowest BCUT2D eigenvalue weighted by atomic mass is 10.3. The average Bonchev–Trinajstić information content (AvgIpc) is 2.73. The number of hydrogen-bond acceptors (Lipinski definition) is 4. The number of ether oxygens (including phenoxy) is 2. The van der Waals surface area contributed by atoms with E-state index in [9.17, 15) is 9.59 Å². The van der Waals surface area contributed by atoms with Crippen LogP contribution in [0.25, 0.3) is 0 Å². The van der Waals surface area contributed by atoms with Crippen LogP contribution in [0.15, 0.2) is 0 Å². The molecule has 17 heavy (non-hydrogen) atoms. The van der Waals surface area contributed by atoms with E-state index in [2.05, 4.69) is 0 Å². The van der Waals surface area contributed by atoms with E-state index in [4.69, 9.17) is 9.47 Å². The van der Waals surface area contributed by atoms with Crippen LogP contribution in [0.3, 0.4) is 0 Å². The molecule has 2 rings (SSSR count). The van der Waals surface area contributed by atoms with E-state index in [1.165, 1.54) is 16.7 Å². The highest BCUT2D eigenvalue weighted by Gasteiger charge is 2.33. The molecule has 2 unspecified atom stereocenters. The third-order valence-electron chi connectivity index (χ3n) is 2.72. The summed E-state index contributed by atoms with van der Waals surface area (Å²) in [5.41, 5.74) is 0. The summed E-state index contributed by atoms with van der Waals surface area (Å²) in [7, 11) is 0. The molecule has 0 N–H and O–H groups in total. The molecule has 2 aliphatic heterocycles. The molecule has 2 atom stereocenters. The zero-order valence-electron chi connectivity index (χ0n) is 10.2. The predicted octanol–water partition coefficient (Wildman–Crippen LogP) is 0.805. The van der Waals surface area contributed by atoms with E-state index in [1.807, 2.05) is 6.92 Å². The fourth-order valence-electron chi connectivity index (χ4n) is 1.80. The zero-order valence-corrected chi connectivity index (χ0v) is 10.2. The van der Waals surface area contributed by atoms with Crippen molar-refractivity contribution in [2.75, 3.05) is 0 Å². The molecule has 0 spiro atoms. The molecule has 0 aromatic rings. The zero-order chi connectivity index (χ0) is 12.6. The highest BCUT2D eigenvalue weighted by atomic mass is 16.6. The molecular weight excluding hydrogens is 224 g/mol. The molecule has 2 heterocycles. The van der Waals surface area contributed by atoms with Crippen LogP contribution in [-0.4, -0.2) is 34.0 Å². The summed E-state index contributed by atoms with van der Waals surface area (Å²) in [6.07, 6.45) is 0.856. The van der Waals surface area contributed by atoms with Crippen molar-refractivity contribution in [3.63, 3.8) is 0 Å². The van der Waals surface area contributed by atoms with Crippen molar-refractivity contribution >= 4 is 11.8 Å². The maximum absolute atomic E-state index is 11.9. The van der Waals surface area contributed by atoms with Crippen molar-refractivity contribution < 1.29 is 19.1 Å². The van der Waals surface area contributed by atoms with Crippen LogP contribution in [0.4, 0.5) is 0 Å². The van der Waals surface area contributed by atoms with Crippen molar-refractivity contribution in [1.82, 2.24) is 10.0 Å². The standard InChI is InChI=1S/C11H16N2O4/c1-4-5-9-13(11(15)8(3)17-9)12-6-16-7(2)10(12)14/h6-8H,4-5H2,1-3H3/q-2. The Hall–Kier alpha value is -1.14. The highest BCUT2D eigenvalue weighted by molar-refractivity contribution is 5.89. The molecule has 0 aliphatic carbocycles. The Morgan fingerprint density at radius 2 is 2.00 bits per heavy atom. The van der Waals surface area contributed by atoms with Gasteiger partial charge in [0.2, 0.25) is 11.8 Å². The summed E-state index contributed by atoms with van der Waals surface area (Å²) >= 11 is 0. The fourth-order valence-corrected chi connectivity index (χ4v) is 1.80. The van der Waals surface area contributed by atoms with Gasteiger partial charge in [0.1, 0.15) is 12.2 Å². The molecule has 6 heteroatoms. The molecule has 2 saturated heterocycles. The van der Waals surface area contributed by atoms with Crippen LogP contribution in [0.5, 0.6) is 0 Å². The quantitative estimate of drug-likeness (QED) is 0.685. The monoisotopic (exact) mass is 240 g/mol. The SMILES string of the molecule is CCC[C-]1OC(C)C(=O)N1N1[CH-]OC(C)C1=O. The molecule has 0 saturated carbocycles. The number of hydrogen-bond donors (Lipinski definition) is 0. The second-order valence-electron chi connectivity index (χ2n) is 4.12. The molecule has 0 radical (unpaired) electrons. The van der Waals surface area contributed by atoms with Crippen LogP contribution in [0, 0.1) is 13.0 Å². The van der Waals surface area contributed by atoms with Gasteiger partial charge in [-0.15, -0.1) is 13.2 Å². The minimum absolute atomic E-state index is 0.240. The lowest BCUT2D eigenvalue weighted by Gasteiger charge is -2.47. The Kier molecular flexibility index (Phi) is 3.35. The first-order valence-electron chi connectivity index (χ1n) is 5.74.